The van der Waals surface area contributed by atoms with E-state index < -0.39 is 11.8 Å². The van der Waals surface area contributed by atoms with E-state index >= 15 is 0 Å². The average Bonchev–Trinajstić information content (AvgIpc) is 2.58. The Bertz CT molecular complexity index is 606. The molecular weight excluding hydrogens is 334 g/mol. The average molecular weight is 354 g/mol. The molecule has 1 aromatic carbocycles. The molecule has 1 aromatic rings. The van der Waals surface area contributed by atoms with Crippen LogP contribution in [0.25, 0.3) is 0 Å². The summed E-state index contributed by atoms with van der Waals surface area (Å²) in [6.45, 7) is 3.60. The van der Waals surface area contributed by atoms with E-state index in [4.69, 9.17) is 16.3 Å². The monoisotopic (exact) mass is 353 g/mol. The Morgan fingerprint density at radius 3 is 2.46 bits per heavy atom. The molecule has 1 fully saturated rings. The van der Waals surface area contributed by atoms with Crippen molar-refractivity contribution >= 4 is 29.3 Å². The second-order valence-electron chi connectivity index (χ2n) is 5.26. The number of benzene rings is 1. The maximum Gasteiger partial charge on any atom is 0.312 e. The van der Waals surface area contributed by atoms with Crippen LogP contribution in [-0.4, -0.2) is 66.9 Å². The van der Waals surface area contributed by atoms with Gasteiger partial charge in [-0.3, -0.25) is 14.4 Å². The van der Waals surface area contributed by atoms with Crippen molar-refractivity contribution in [3.05, 3.63) is 29.3 Å². The van der Waals surface area contributed by atoms with Gasteiger partial charge in [0.1, 0.15) is 18.9 Å². The summed E-state index contributed by atoms with van der Waals surface area (Å²) in [4.78, 5) is 38.3. The summed E-state index contributed by atoms with van der Waals surface area (Å²) in [5, 5.41) is 3.29. The van der Waals surface area contributed by atoms with Crippen molar-refractivity contribution in [1.29, 1.82) is 0 Å². The summed E-state index contributed by atoms with van der Waals surface area (Å²) in [5.41, 5.74) is 0. The molecule has 130 valence electrons. The molecule has 1 aliphatic heterocycles. The number of amides is 3. The van der Waals surface area contributed by atoms with E-state index in [1.54, 1.807) is 24.3 Å². The number of halogens is 1. The van der Waals surface area contributed by atoms with Crippen LogP contribution in [0.2, 0.25) is 5.02 Å². The van der Waals surface area contributed by atoms with Gasteiger partial charge in [0.15, 0.2) is 0 Å². The molecule has 0 saturated carbocycles. The van der Waals surface area contributed by atoms with Gasteiger partial charge in [-0.25, -0.2) is 0 Å². The first-order chi connectivity index (χ1) is 11.5. The number of ether oxygens (including phenoxy) is 1. The van der Waals surface area contributed by atoms with Gasteiger partial charge >= 0.3 is 11.8 Å². The summed E-state index contributed by atoms with van der Waals surface area (Å²) in [7, 11) is 0. The van der Waals surface area contributed by atoms with Crippen LogP contribution in [0.4, 0.5) is 0 Å². The third-order valence-electron chi connectivity index (χ3n) is 3.62. The molecule has 1 heterocycles. The van der Waals surface area contributed by atoms with Crippen LogP contribution in [0, 0.1) is 0 Å². The molecule has 0 spiro atoms. The van der Waals surface area contributed by atoms with Crippen molar-refractivity contribution in [2.45, 2.75) is 6.92 Å². The Morgan fingerprint density at radius 1 is 1.17 bits per heavy atom. The van der Waals surface area contributed by atoms with Crippen molar-refractivity contribution < 1.29 is 19.1 Å². The standard InChI is InChI=1S/C16H20ClN3O4/c1-2-19-8-9-20(16(23)15(19)22)11-14(21)18-7-10-24-13-5-3-12(17)4-6-13/h3-6H,2,7-11H2,1H3,(H,18,21). The van der Waals surface area contributed by atoms with Gasteiger partial charge in [0, 0.05) is 24.7 Å². The van der Waals surface area contributed by atoms with Crippen LogP contribution >= 0.6 is 11.6 Å². The van der Waals surface area contributed by atoms with Crippen molar-refractivity contribution in [3.8, 4) is 5.75 Å². The minimum atomic E-state index is -0.629. The fraction of sp³-hybridized carbons (Fsp3) is 0.438. The maximum atomic E-state index is 11.9. The van der Waals surface area contributed by atoms with Gasteiger partial charge in [-0.05, 0) is 31.2 Å². The molecule has 2 rings (SSSR count). The molecule has 1 saturated heterocycles. The summed E-state index contributed by atoms with van der Waals surface area (Å²) in [6, 6.07) is 6.91. The van der Waals surface area contributed by atoms with E-state index in [2.05, 4.69) is 5.32 Å². The van der Waals surface area contributed by atoms with Gasteiger partial charge in [0.2, 0.25) is 5.91 Å². The molecule has 0 aliphatic carbocycles. The number of nitrogens with zero attached hydrogens (tertiary/aromatic N) is 2. The highest BCUT2D eigenvalue weighted by Crippen LogP contribution is 2.15. The molecule has 0 atom stereocenters. The number of carbonyl (C=O) groups excluding carboxylic acids is 3. The van der Waals surface area contributed by atoms with Crippen molar-refractivity contribution in [1.82, 2.24) is 15.1 Å². The Labute approximate surface area is 145 Å². The maximum absolute atomic E-state index is 11.9. The number of piperazine rings is 1. The van der Waals surface area contributed by atoms with Crippen LogP contribution in [-0.2, 0) is 14.4 Å². The van der Waals surface area contributed by atoms with Crippen LogP contribution < -0.4 is 10.1 Å². The zero-order valence-corrected chi connectivity index (χ0v) is 14.2. The van der Waals surface area contributed by atoms with E-state index in [1.165, 1.54) is 9.80 Å². The predicted molar refractivity (Wildman–Crippen MR) is 88.8 cm³/mol. The Balaban J connectivity index is 1.69. The van der Waals surface area contributed by atoms with E-state index in [9.17, 15) is 14.4 Å². The zero-order valence-electron chi connectivity index (χ0n) is 13.5. The molecule has 8 heteroatoms. The van der Waals surface area contributed by atoms with Crippen molar-refractivity contribution in [2.24, 2.45) is 0 Å². The minimum Gasteiger partial charge on any atom is -0.492 e. The molecule has 0 unspecified atom stereocenters. The Morgan fingerprint density at radius 2 is 1.79 bits per heavy atom. The minimum absolute atomic E-state index is 0.122. The number of nitrogens with one attached hydrogen (secondary N) is 1. The van der Waals surface area contributed by atoms with Crippen LogP contribution in [0.5, 0.6) is 5.75 Å². The molecule has 0 aromatic heterocycles. The zero-order chi connectivity index (χ0) is 17.5. The Kier molecular flexibility index (Phi) is 6.43. The van der Waals surface area contributed by atoms with Crippen LogP contribution in [0.15, 0.2) is 24.3 Å². The summed E-state index contributed by atoms with van der Waals surface area (Å²) in [6.07, 6.45) is 0. The molecule has 0 radical (unpaired) electrons. The first-order valence-corrected chi connectivity index (χ1v) is 8.12. The molecule has 3 amide bonds. The lowest BCUT2D eigenvalue weighted by atomic mass is 10.3. The number of rotatable bonds is 7. The van der Waals surface area contributed by atoms with Crippen LogP contribution in [0.1, 0.15) is 6.92 Å². The van der Waals surface area contributed by atoms with Gasteiger partial charge in [0.05, 0.1) is 6.54 Å². The molecular formula is C16H20ClN3O4. The number of likely N-dealkylation sites (N-methyl/N-ethyl adjacent to an activating group) is 1. The summed E-state index contributed by atoms with van der Waals surface area (Å²) >= 11 is 5.78. The highest BCUT2D eigenvalue weighted by atomic mass is 35.5. The van der Waals surface area contributed by atoms with Gasteiger partial charge < -0.3 is 19.9 Å². The molecule has 1 aliphatic rings. The fourth-order valence-electron chi connectivity index (χ4n) is 2.29. The topological polar surface area (TPSA) is 79.0 Å². The van der Waals surface area contributed by atoms with Crippen molar-refractivity contribution in [3.63, 3.8) is 0 Å². The smallest absolute Gasteiger partial charge is 0.312 e. The van der Waals surface area contributed by atoms with E-state index in [0.717, 1.165) is 0 Å². The third kappa shape index (κ3) is 4.86. The second-order valence-corrected chi connectivity index (χ2v) is 5.70. The lowest BCUT2D eigenvalue weighted by Gasteiger charge is -2.32. The molecule has 0 bridgehead atoms. The highest BCUT2D eigenvalue weighted by molar-refractivity contribution is 6.35. The van der Waals surface area contributed by atoms with Crippen molar-refractivity contribution in [2.75, 3.05) is 39.3 Å². The predicted octanol–water partition coefficient (Wildman–Crippen LogP) is 0.526. The number of carbonyl (C=O) groups is 3. The van der Waals surface area contributed by atoms with Gasteiger partial charge in [-0.15, -0.1) is 0 Å². The number of hydrogen-bond donors (Lipinski definition) is 1. The highest BCUT2D eigenvalue weighted by Gasteiger charge is 2.32. The lowest BCUT2D eigenvalue weighted by molar-refractivity contribution is -0.156. The first-order valence-electron chi connectivity index (χ1n) is 7.74. The molecule has 24 heavy (non-hydrogen) atoms. The largest absolute Gasteiger partial charge is 0.492 e. The first kappa shape index (κ1) is 18.1. The summed E-state index contributed by atoms with van der Waals surface area (Å²) in [5.74, 6) is -0.843. The van der Waals surface area contributed by atoms with Gasteiger partial charge in [-0.1, -0.05) is 11.6 Å². The molecule has 7 nitrogen and oxygen atoms in total. The third-order valence-corrected chi connectivity index (χ3v) is 3.87. The fourth-order valence-corrected chi connectivity index (χ4v) is 2.41. The second kappa shape index (κ2) is 8.54. The normalized spacial score (nSPS) is 14.8. The quantitative estimate of drug-likeness (QED) is 0.573. The number of hydrogen-bond acceptors (Lipinski definition) is 4. The molecule has 1 N–H and O–H groups in total. The summed E-state index contributed by atoms with van der Waals surface area (Å²) < 4.78 is 5.45. The van der Waals surface area contributed by atoms with Gasteiger partial charge in [-0.2, -0.15) is 0 Å². The van der Waals surface area contributed by atoms with E-state index in [0.29, 0.717) is 43.6 Å². The Hall–Kier alpha value is -2.28. The SMILES string of the molecule is CCN1CCN(CC(=O)NCCOc2ccc(Cl)cc2)C(=O)C1=O. The van der Waals surface area contributed by atoms with E-state index in [1.807, 2.05) is 6.92 Å². The van der Waals surface area contributed by atoms with E-state index in [-0.39, 0.29) is 12.5 Å². The lowest BCUT2D eigenvalue weighted by Crippen LogP contribution is -2.56. The van der Waals surface area contributed by atoms with Crippen LogP contribution in [0.3, 0.4) is 0 Å². The van der Waals surface area contributed by atoms with Gasteiger partial charge in [0.25, 0.3) is 0 Å².